The summed E-state index contributed by atoms with van der Waals surface area (Å²) in [6.07, 6.45) is 3.46. The Balaban J connectivity index is 1.43. The SMILES string of the molecule is Cc1nnc(CN=C(NCCCOCC2CCCO2)NCc2cccs2)n1C. The molecular weight excluding hydrogens is 376 g/mol. The van der Waals surface area contributed by atoms with E-state index in [2.05, 4.69) is 43.3 Å². The predicted molar refractivity (Wildman–Crippen MR) is 110 cm³/mol. The summed E-state index contributed by atoms with van der Waals surface area (Å²) in [5.41, 5.74) is 0. The minimum atomic E-state index is 0.285. The molecule has 2 aromatic heterocycles. The third kappa shape index (κ3) is 6.57. The first kappa shape index (κ1) is 20.8. The molecule has 1 atom stereocenters. The van der Waals surface area contributed by atoms with E-state index in [0.717, 1.165) is 56.6 Å². The number of hydrogen-bond acceptors (Lipinski definition) is 6. The number of aromatic nitrogens is 3. The summed E-state index contributed by atoms with van der Waals surface area (Å²) in [6, 6.07) is 4.17. The molecule has 9 heteroatoms. The molecule has 0 aromatic carbocycles. The van der Waals surface area contributed by atoms with Crippen molar-refractivity contribution in [2.45, 2.75) is 45.4 Å². The van der Waals surface area contributed by atoms with Gasteiger partial charge < -0.3 is 24.7 Å². The minimum absolute atomic E-state index is 0.285. The van der Waals surface area contributed by atoms with Crippen LogP contribution in [0.5, 0.6) is 0 Å². The fraction of sp³-hybridized carbons (Fsp3) is 0.632. The van der Waals surface area contributed by atoms with E-state index in [-0.39, 0.29) is 6.10 Å². The zero-order valence-corrected chi connectivity index (χ0v) is 17.5. The highest BCUT2D eigenvalue weighted by Crippen LogP contribution is 2.11. The number of hydrogen-bond donors (Lipinski definition) is 2. The molecule has 0 aliphatic carbocycles. The van der Waals surface area contributed by atoms with Crippen LogP contribution in [0.3, 0.4) is 0 Å². The molecule has 0 amide bonds. The van der Waals surface area contributed by atoms with Gasteiger partial charge in [-0.2, -0.15) is 0 Å². The van der Waals surface area contributed by atoms with Crippen LogP contribution in [-0.4, -0.2) is 53.2 Å². The van der Waals surface area contributed by atoms with Crippen molar-refractivity contribution >= 4 is 17.3 Å². The number of nitrogens with zero attached hydrogens (tertiary/aromatic N) is 4. The molecule has 28 heavy (non-hydrogen) atoms. The van der Waals surface area contributed by atoms with E-state index in [0.29, 0.717) is 19.8 Å². The van der Waals surface area contributed by atoms with Crippen molar-refractivity contribution < 1.29 is 9.47 Å². The normalized spacial score (nSPS) is 17.2. The van der Waals surface area contributed by atoms with Gasteiger partial charge in [0.1, 0.15) is 12.4 Å². The van der Waals surface area contributed by atoms with Crippen LogP contribution in [0.25, 0.3) is 0 Å². The Kier molecular flexibility index (Phi) is 8.25. The van der Waals surface area contributed by atoms with E-state index in [1.807, 2.05) is 18.5 Å². The van der Waals surface area contributed by atoms with E-state index in [9.17, 15) is 0 Å². The lowest BCUT2D eigenvalue weighted by molar-refractivity contribution is 0.0168. The summed E-state index contributed by atoms with van der Waals surface area (Å²) in [5.74, 6) is 2.50. The lowest BCUT2D eigenvalue weighted by atomic mass is 10.2. The van der Waals surface area contributed by atoms with Crippen molar-refractivity contribution in [3.63, 3.8) is 0 Å². The van der Waals surface area contributed by atoms with Gasteiger partial charge in [-0.25, -0.2) is 4.99 Å². The van der Waals surface area contributed by atoms with Gasteiger partial charge in [0, 0.05) is 31.7 Å². The van der Waals surface area contributed by atoms with E-state index in [1.54, 1.807) is 11.3 Å². The van der Waals surface area contributed by atoms with Crippen molar-refractivity contribution in [1.82, 2.24) is 25.4 Å². The van der Waals surface area contributed by atoms with Crippen LogP contribution >= 0.6 is 11.3 Å². The first-order valence-electron chi connectivity index (χ1n) is 9.81. The standard InChI is InChI=1S/C19H30N6O2S/c1-15-23-24-18(25(15)2)13-22-19(21-12-17-7-4-11-28-17)20-8-5-9-26-14-16-6-3-10-27-16/h4,7,11,16H,3,5-6,8-10,12-14H2,1-2H3,(H2,20,21,22). The second-order valence-electron chi connectivity index (χ2n) is 6.81. The molecule has 0 spiro atoms. The molecule has 0 saturated carbocycles. The first-order valence-corrected chi connectivity index (χ1v) is 10.7. The van der Waals surface area contributed by atoms with Gasteiger partial charge in [0.25, 0.3) is 0 Å². The van der Waals surface area contributed by atoms with E-state index in [1.165, 1.54) is 4.88 Å². The Labute approximate surface area is 170 Å². The van der Waals surface area contributed by atoms with Crippen LogP contribution < -0.4 is 10.6 Å². The topological polar surface area (TPSA) is 85.6 Å². The summed E-state index contributed by atoms with van der Waals surface area (Å²) in [7, 11) is 1.96. The highest BCUT2D eigenvalue weighted by molar-refractivity contribution is 7.09. The summed E-state index contributed by atoms with van der Waals surface area (Å²) in [5, 5.41) is 17.1. The smallest absolute Gasteiger partial charge is 0.192 e. The second kappa shape index (κ2) is 11.1. The van der Waals surface area contributed by atoms with Crippen molar-refractivity contribution in [2.24, 2.45) is 12.0 Å². The monoisotopic (exact) mass is 406 g/mol. The lowest BCUT2D eigenvalue weighted by Gasteiger charge is -2.13. The predicted octanol–water partition coefficient (Wildman–Crippen LogP) is 2.01. The van der Waals surface area contributed by atoms with E-state index in [4.69, 9.17) is 9.47 Å². The summed E-state index contributed by atoms with van der Waals surface area (Å²) < 4.78 is 13.2. The van der Waals surface area contributed by atoms with Gasteiger partial charge >= 0.3 is 0 Å². The Morgan fingerprint density at radius 3 is 3.07 bits per heavy atom. The number of guanidine groups is 1. The molecular formula is C19H30N6O2S. The first-order chi connectivity index (χ1) is 13.7. The number of rotatable bonds is 10. The van der Waals surface area contributed by atoms with E-state index >= 15 is 0 Å². The van der Waals surface area contributed by atoms with Gasteiger partial charge in [-0.15, -0.1) is 21.5 Å². The van der Waals surface area contributed by atoms with Crippen LogP contribution in [0.1, 0.15) is 35.8 Å². The second-order valence-corrected chi connectivity index (χ2v) is 7.84. The minimum Gasteiger partial charge on any atom is -0.379 e. The fourth-order valence-electron chi connectivity index (χ4n) is 2.87. The lowest BCUT2D eigenvalue weighted by Crippen LogP contribution is -2.37. The van der Waals surface area contributed by atoms with Crippen LogP contribution in [0, 0.1) is 6.92 Å². The van der Waals surface area contributed by atoms with Gasteiger partial charge in [0.15, 0.2) is 11.8 Å². The largest absolute Gasteiger partial charge is 0.379 e. The molecule has 3 rings (SSSR count). The molecule has 1 unspecified atom stereocenters. The van der Waals surface area contributed by atoms with Crippen LogP contribution in [0.4, 0.5) is 0 Å². The Morgan fingerprint density at radius 2 is 2.36 bits per heavy atom. The molecule has 3 heterocycles. The molecule has 154 valence electrons. The number of nitrogens with one attached hydrogen (secondary N) is 2. The molecule has 8 nitrogen and oxygen atoms in total. The molecule has 1 aliphatic heterocycles. The van der Waals surface area contributed by atoms with Crippen molar-refractivity contribution in [3.8, 4) is 0 Å². The maximum Gasteiger partial charge on any atom is 0.192 e. The summed E-state index contributed by atoms with van der Waals surface area (Å²) >= 11 is 1.73. The number of aliphatic imine (C=N–C) groups is 1. The van der Waals surface area contributed by atoms with Crippen molar-refractivity contribution in [1.29, 1.82) is 0 Å². The summed E-state index contributed by atoms with van der Waals surface area (Å²) in [4.78, 5) is 5.93. The van der Waals surface area contributed by atoms with Crippen molar-refractivity contribution in [2.75, 3.05) is 26.4 Å². The maximum absolute atomic E-state index is 5.72. The third-order valence-electron chi connectivity index (χ3n) is 4.66. The highest BCUT2D eigenvalue weighted by Gasteiger charge is 2.14. The average Bonchev–Trinajstić information content (AvgIpc) is 3.45. The average molecular weight is 407 g/mol. The van der Waals surface area contributed by atoms with Gasteiger partial charge in [-0.3, -0.25) is 0 Å². The molecule has 1 fully saturated rings. The Hall–Kier alpha value is -1.97. The maximum atomic E-state index is 5.72. The van der Waals surface area contributed by atoms with Gasteiger partial charge in [-0.1, -0.05) is 6.07 Å². The molecule has 0 bridgehead atoms. The molecule has 1 aliphatic rings. The zero-order valence-electron chi connectivity index (χ0n) is 16.7. The molecule has 0 radical (unpaired) electrons. The molecule has 2 aromatic rings. The number of aryl methyl sites for hydroxylation is 1. The number of ether oxygens (including phenoxy) is 2. The quantitative estimate of drug-likeness (QED) is 0.357. The Bertz CT molecular complexity index is 725. The van der Waals surface area contributed by atoms with Gasteiger partial charge in [-0.05, 0) is 37.6 Å². The van der Waals surface area contributed by atoms with Crippen molar-refractivity contribution in [3.05, 3.63) is 34.0 Å². The van der Waals surface area contributed by atoms with Gasteiger partial charge in [0.2, 0.25) is 0 Å². The molecule has 1 saturated heterocycles. The van der Waals surface area contributed by atoms with Gasteiger partial charge in [0.05, 0.1) is 19.3 Å². The van der Waals surface area contributed by atoms with Crippen LogP contribution in [0.2, 0.25) is 0 Å². The summed E-state index contributed by atoms with van der Waals surface area (Å²) in [6.45, 7) is 6.24. The Morgan fingerprint density at radius 1 is 1.43 bits per heavy atom. The van der Waals surface area contributed by atoms with Crippen LogP contribution in [0.15, 0.2) is 22.5 Å². The van der Waals surface area contributed by atoms with E-state index < -0.39 is 0 Å². The highest BCUT2D eigenvalue weighted by atomic mass is 32.1. The zero-order chi connectivity index (χ0) is 19.6. The third-order valence-corrected chi connectivity index (χ3v) is 5.53. The number of thiophene rings is 1. The molecule has 2 N–H and O–H groups in total. The van der Waals surface area contributed by atoms with Crippen LogP contribution in [-0.2, 0) is 29.6 Å². The fourth-order valence-corrected chi connectivity index (χ4v) is 3.51.